The van der Waals surface area contributed by atoms with Gasteiger partial charge in [-0.3, -0.25) is 9.59 Å². The predicted molar refractivity (Wildman–Crippen MR) is 73.0 cm³/mol. The number of nitrogens with zero attached hydrogens (tertiary/aromatic N) is 2. The quantitative estimate of drug-likeness (QED) is 0.747. The molecule has 7 nitrogen and oxygen atoms in total. The van der Waals surface area contributed by atoms with Crippen molar-refractivity contribution < 1.29 is 19.5 Å². The summed E-state index contributed by atoms with van der Waals surface area (Å²) in [6.45, 7) is 4.63. The molecule has 1 fully saturated rings. The zero-order valence-electron chi connectivity index (χ0n) is 12.0. The second-order valence-electron chi connectivity index (χ2n) is 5.32. The van der Waals surface area contributed by atoms with Crippen LogP contribution in [0.4, 0.5) is 4.79 Å². The Morgan fingerprint density at radius 2 is 2.05 bits per heavy atom. The lowest BCUT2D eigenvalue weighted by atomic mass is 10.2. The van der Waals surface area contributed by atoms with Crippen LogP contribution >= 0.6 is 0 Å². The van der Waals surface area contributed by atoms with E-state index in [1.54, 1.807) is 4.90 Å². The van der Waals surface area contributed by atoms with Crippen molar-refractivity contribution in [3.8, 4) is 0 Å². The van der Waals surface area contributed by atoms with Crippen molar-refractivity contribution in [2.75, 3.05) is 13.1 Å². The third kappa shape index (κ3) is 4.11. The molecule has 0 spiro atoms. The van der Waals surface area contributed by atoms with Gasteiger partial charge >= 0.3 is 12.0 Å². The maximum Gasteiger partial charge on any atom is 0.320 e. The summed E-state index contributed by atoms with van der Waals surface area (Å²) in [7, 11) is 0. The fourth-order valence-corrected chi connectivity index (χ4v) is 2.43. The Hall–Kier alpha value is -1.79. The molecule has 0 aromatic carbocycles. The zero-order chi connectivity index (χ0) is 15.3. The van der Waals surface area contributed by atoms with Crippen molar-refractivity contribution in [1.82, 2.24) is 9.80 Å². The zero-order valence-corrected chi connectivity index (χ0v) is 12.0. The Morgan fingerprint density at radius 1 is 1.40 bits per heavy atom. The Labute approximate surface area is 118 Å². The standard InChI is InChI=1S/C13H23N3O4/c1-9(2)15(7-4-6-11(17)18)13(20)16-8-3-5-10(16)12(14)19/h9-10H,3-8H2,1-2H3,(H2,14,19)(H,17,18). The molecule has 3 amide bonds. The molecule has 0 bridgehead atoms. The molecule has 0 radical (unpaired) electrons. The van der Waals surface area contributed by atoms with Gasteiger partial charge in [-0.25, -0.2) is 4.79 Å². The van der Waals surface area contributed by atoms with E-state index in [1.807, 2.05) is 13.8 Å². The molecule has 0 saturated carbocycles. The first kappa shape index (κ1) is 16.3. The van der Waals surface area contributed by atoms with Gasteiger partial charge in [-0.05, 0) is 33.1 Å². The molecule has 0 aromatic heterocycles. The smallest absolute Gasteiger partial charge is 0.320 e. The maximum absolute atomic E-state index is 12.5. The van der Waals surface area contributed by atoms with Gasteiger partial charge in [0.1, 0.15) is 6.04 Å². The summed E-state index contributed by atoms with van der Waals surface area (Å²) >= 11 is 0. The average molecular weight is 285 g/mol. The molecule has 0 aliphatic carbocycles. The fraction of sp³-hybridized carbons (Fsp3) is 0.769. The number of nitrogens with two attached hydrogens (primary N) is 1. The van der Waals surface area contributed by atoms with Gasteiger partial charge in [0.25, 0.3) is 0 Å². The first-order chi connectivity index (χ1) is 9.34. The van der Waals surface area contributed by atoms with E-state index in [0.717, 1.165) is 6.42 Å². The molecule has 1 atom stereocenters. The van der Waals surface area contributed by atoms with Gasteiger partial charge in [0.05, 0.1) is 0 Å². The van der Waals surface area contributed by atoms with Crippen LogP contribution in [0.15, 0.2) is 0 Å². The number of primary amides is 1. The molecule has 1 aliphatic heterocycles. The number of carbonyl (C=O) groups excluding carboxylic acids is 2. The largest absolute Gasteiger partial charge is 0.481 e. The molecule has 1 heterocycles. The van der Waals surface area contributed by atoms with Crippen LogP contribution in [0.25, 0.3) is 0 Å². The molecule has 1 rings (SSSR count). The highest BCUT2D eigenvalue weighted by Gasteiger charge is 2.35. The van der Waals surface area contributed by atoms with Gasteiger partial charge in [-0.15, -0.1) is 0 Å². The van der Waals surface area contributed by atoms with Gasteiger partial charge < -0.3 is 20.6 Å². The van der Waals surface area contributed by atoms with Crippen LogP contribution in [-0.4, -0.2) is 58.0 Å². The van der Waals surface area contributed by atoms with Crippen molar-refractivity contribution in [3.63, 3.8) is 0 Å². The van der Waals surface area contributed by atoms with Gasteiger partial charge in [0.15, 0.2) is 0 Å². The number of aliphatic carboxylic acids is 1. The summed E-state index contributed by atoms with van der Waals surface area (Å²) in [5.41, 5.74) is 5.31. The van der Waals surface area contributed by atoms with E-state index in [9.17, 15) is 14.4 Å². The fourth-order valence-electron chi connectivity index (χ4n) is 2.43. The van der Waals surface area contributed by atoms with E-state index in [-0.39, 0.29) is 18.5 Å². The molecular formula is C13H23N3O4. The van der Waals surface area contributed by atoms with E-state index in [1.165, 1.54) is 4.90 Å². The second-order valence-corrected chi connectivity index (χ2v) is 5.32. The first-order valence-corrected chi connectivity index (χ1v) is 6.93. The monoisotopic (exact) mass is 285 g/mol. The second kappa shape index (κ2) is 7.12. The van der Waals surface area contributed by atoms with Crippen LogP contribution in [0.1, 0.15) is 39.5 Å². The molecule has 7 heteroatoms. The number of rotatable bonds is 6. The molecule has 1 saturated heterocycles. The highest BCUT2D eigenvalue weighted by Crippen LogP contribution is 2.20. The topological polar surface area (TPSA) is 104 Å². The summed E-state index contributed by atoms with van der Waals surface area (Å²) in [6, 6.07) is -0.819. The minimum atomic E-state index is -0.877. The molecule has 114 valence electrons. The molecule has 1 aliphatic rings. The third-order valence-electron chi connectivity index (χ3n) is 3.49. The lowest BCUT2D eigenvalue weighted by Crippen LogP contribution is -2.51. The van der Waals surface area contributed by atoms with Crippen LogP contribution in [0, 0.1) is 0 Å². The Morgan fingerprint density at radius 3 is 2.55 bits per heavy atom. The average Bonchev–Trinajstić information content (AvgIpc) is 2.82. The van der Waals surface area contributed by atoms with Crippen LogP contribution in [0.3, 0.4) is 0 Å². The summed E-state index contributed by atoms with van der Waals surface area (Å²) in [5, 5.41) is 8.65. The minimum Gasteiger partial charge on any atom is -0.481 e. The van der Waals surface area contributed by atoms with Crippen molar-refractivity contribution in [3.05, 3.63) is 0 Å². The number of hydrogen-bond donors (Lipinski definition) is 2. The van der Waals surface area contributed by atoms with Gasteiger partial charge in [-0.2, -0.15) is 0 Å². The van der Waals surface area contributed by atoms with Gasteiger partial charge in [0, 0.05) is 25.6 Å². The van der Waals surface area contributed by atoms with E-state index >= 15 is 0 Å². The SMILES string of the molecule is CC(C)N(CCCC(=O)O)C(=O)N1CCCC1C(N)=O. The Kier molecular flexibility index (Phi) is 5.79. The molecule has 20 heavy (non-hydrogen) atoms. The molecule has 3 N–H and O–H groups in total. The van der Waals surface area contributed by atoms with Crippen LogP contribution in [0.5, 0.6) is 0 Å². The number of carbonyl (C=O) groups is 3. The Balaban J connectivity index is 2.68. The number of carboxylic acids is 1. The van der Waals surface area contributed by atoms with Crippen molar-refractivity contribution in [2.45, 2.75) is 51.6 Å². The number of urea groups is 1. The van der Waals surface area contributed by atoms with E-state index in [4.69, 9.17) is 10.8 Å². The number of carboxylic acid groups (broad SMARTS) is 1. The summed E-state index contributed by atoms with van der Waals surface area (Å²) in [4.78, 5) is 37.5. The van der Waals surface area contributed by atoms with E-state index in [2.05, 4.69) is 0 Å². The van der Waals surface area contributed by atoms with Gasteiger partial charge in [-0.1, -0.05) is 0 Å². The number of likely N-dealkylation sites (tertiary alicyclic amines) is 1. The molecular weight excluding hydrogens is 262 g/mol. The summed E-state index contributed by atoms with van der Waals surface area (Å²) in [6.07, 6.45) is 1.78. The van der Waals surface area contributed by atoms with Crippen LogP contribution in [0.2, 0.25) is 0 Å². The molecule has 0 aromatic rings. The summed E-state index contributed by atoms with van der Waals surface area (Å²) in [5.74, 6) is -1.36. The molecule has 1 unspecified atom stereocenters. The van der Waals surface area contributed by atoms with Gasteiger partial charge in [0.2, 0.25) is 5.91 Å². The normalized spacial score (nSPS) is 18.4. The highest BCUT2D eigenvalue weighted by atomic mass is 16.4. The predicted octanol–water partition coefficient (Wildman–Crippen LogP) is 0.631. The first-order valence-electron chi connectivity index (χ1n) is 6.93. The van der Waals surface area contributed by atoms with Crippen molar-refractivity contribution in [1.29, 1.82) is 0 Å². The van der Waals surface area contributed by atoms with Crippen molar-refractivity contribution >= 4 is 17.9 Å². The lowest BCUT2D eigenvalue weighted by molar-refractivity contribution is -0.137. The number of hydrogen-bond acceptors (Lipinski definition) is 3. The van der Waals surface area contributed by atoms with Crippen LogP contribution < -0.4 is 5.73 Å². The Bertz CT molecular complexity index is 384. The maximum atomic E-state index is 12.5. The number of amides is 3. The highest BCUT2D eigenvalue weighted by molar-refractivity contribution is 5.86. The summed E-state index contributed by atoms with van der Waals surface area (Å²) < 4.78 is 0. The van der Waals surface area contributed by atoms with Crippen molar-refractivity contribution in [2.24, 2.45) is 5.73 Å². The lowest BCUT2D eigenvalue weighted by Gasteiger charge is -2.33. The van der Waals surface area contributed by atoms with E-state index < -0.39 is 17.9 Å². The minimum absolute atomic E-state index is 0.0236. The van der Waals surface area contributed by atoms with Crippen LogP contribution in [-0.2, 0) is 9.59 Å². The third-order valence-corrected chi connectivity index (χ3v) is 3.49. The van der Waals surface area contributed by atoms with E-state index in [0.29, 0.717) is 25.9 Å².